The number of nitrogens with zero attached hydrogens (tertiary/aromatic N) is 5. The van der Waals surface area contributed by atoms with Crippen molar-refractivity contribution < 1.29 is 18.8 Å². The number of rotatable bonds is 6. The van der Waals surface area contributed by atoms with E-state index in [0.717, 1.165) is 31.6 Å². The van der Waals surface area contributed by atoms with Gasteiger partial charge in [0.2, 0.25) is 5.91 Å². The highest BCUT2D eigenvalue weighted by Crippen LogP contribution is 2.26. The van der Waals surface area contributed by atoms with E-state index in [2.05, 4.69) is 22.2 Å². The van der Waals surface area contributed by atoms with Crippen LogP contribution in [-0.4, -0.2) is 87.5 Å². The van der Waals surface area contributed by atoms with Gasteiger partial charge in [-0.3, -0.25) is 24.0 Å². The van der Waals surface area contributed by atoms with Gasteiger partial charge in [-0.2, -0.15) is 5.10 Å². The van der Waals surface area contributed by atoms with Crippen molar-refractivity contribution in [2.24, 2.45) is 0 Å². The number of nitrogens with one attached hydrogen (secondary N) is 1. The van der Waals surface area contributed by atoms with Crippen LogP contribution in [0.4, 0.5) is 4.39 Å². The fourth-order valence-electron chi connectivity index (χ4n) is 4.46. The van der Waals surface area contributed by atoms with Crippen molar-refractivity contribution in [1.29, 1.82) is 0 Å². The molecule has 0 saturated carbocycles. The number of likely N-dealkylation sites (N-methyl/N-ethyl adjacent to an activating group) is 1. The van der Waals surface area contributed by atoms with E-state index in [-0.39, 0.29) is 42.3 Å². The van der Waals surface area contributed by atoms with E-state index in [1.165, 1.54) is 27.8 Å². The average Bonchev–Trinajstić information content (AvgIpc) is 3.26. The number of piperazine rings is 1. The van der Waals surface area contributed by atoms with Gasteiger partial charge < -0.3 is 15.1 Å². The Hall–Kier alpha value is -3.27. The molecule has 2 aromatic rings. The lowest BCUT2D eigenvalue weighted by molar-refractivity contribution is -0.132. The van der Waals surface area contributed by atoms with Gasteiger partial charge in [0.15, 0.2) is 5.69 Å². The van der Waals surface area contributed by atoms with E-state index in [0.29, 0.717) is 18.8 Å². The van der Waals surface area contributed by atoms with Crippen LogP contribution in [0.25, 0.3) is 0 Å². The van der Waals surface area contributed by atoms with Gasteiger partial charge >= 0.3 is 0 Å². The van der Waals surface area contributed by atoms with Crippen LogP contribution in [0.15, 0.2) is 30.3 Å². The fourth-order valence-corrected chi connectivity index (χ4v) is 4.46. The quantitative estimate of drug-likeness (QED) is 0.688. The topological polar surface area (TPSA) is 90.8 Å². The van der Waals surface area contributed by atoms with Gasteiger partial charge in [0, 0.05) is 45.8 Å². The minimum Gasteiger partial charge on any atom is -0.350 e. The molecule has 2 aliphatic heterocycles. The summed E-state index contributed by atoms with van der Waals surface area (Å²) in [4.78, 5) is 44.7. The number of fused-ring (bicyclic) bond motifs is 1. The zero-order chi connectivity index (χ0) is 24.5. The summed E-state index contributed by atoms with van der Waals surface area (Å²) in [6.07, 6.45) is 1.08. The third-order valence-corrected chi connectivity index (χ3v) is 6.78. The molecule has 1 atom stereocenters. The second-order valence-corrected chi connectivity index (χ2v) is 9.15. The lowest BCUT2D eigenvalue weighted by Gasteiger charge is -2.40. The number of carbonyl (C=O) groups is 3. The van der Waals surface area contributed by atoms with Crippen LogP contribution in [0.5, 0.6) is 0 Å². The maximum absolute atomic E-state index is 13.1. The third kappa shape index (κ3) is 4.54. The van der Waals surface area contributed by atoms with Gasteiger partial charge in [-0.15, -0.1) is 0 Å². The van der Waals surface area contributed by atoms with Crippen LogP contribution in [-0.2, 0) is 17.9 Å². The van der Waals surface area contributed by atoms with E-state index >= 15 is 0 Å². The maximum atomic E-state index is 13.1. The van der Waals surface area contributed by atoms with Crippen LogP contribution < -0.4 is 5.32 Å². The zero-order valence-electron chi connectivity index (χ0n) is 19.9. The standard InChI is InChI=1S/C24H31FN6O3/c1-4-9-29-10-12-30(13-11-29)21(32)19-14-20-22(33)28(3)24(2,16-31(20)27-19)23(34)26-15-17-5-7-18(25)8-6-17/h5-8,14H,4,9-13,15-16H2,1-3H3,(H,26,34). The highest BCUT2D eigenvalue weighted by molar-refractivity contribution is 6.01. The van der Waals surface area contributed by atoms with E-state index in [4.69, 9.17) is 0 Å². The Bertz CT molecular complexity index is 1080. The number of benzene rings is 1. The maximum Gasteiger partial charge on any atom is 0.274 e. The molecule has 0 aliphatic carbocycles. The molecule has 3 amide bonds. The second-order valence-electron chi connectivity index (χ2n) is 9.15. The molecular formula is C24H31FN6O3. The molecule has 1 aromatic carbocycles. The molecule has 182 valence electrons. The Labute approximate surface area is 198 Å². The van der Waals surface area contributed by atoms with Crippen molar-refractivity contribution >= 4 is 17.7 Å². The van der Waals surface area contributed by atoms with Crippen molar-refractivity contribution in [1.82, 2.24) is 29.8 Å². The summed E-state index contributed by atoms with van der Waals surface area (Å²) in [5.74, 6) is -1.27. The molecule has 1 N–H and O–H groups in total. The molecule has 1 aromatic heterocycles. The summed E-state index contributed by atoms with van der Waals surface area (Å²) in [7, 11) is 1.57. The first-order valence-electron chi connectivity index (χ1n) is 11.6. The molecule has 4 rings (SSSR count). The Balaban J connectivity index is 1.46. The lowest BCUT2D eigenvalue weighted by atomic mass is 9.96. The first-order chi connectivity index (χ1) is 16.2. The molecular weight excluding hydrogens is 439 g/mol. The van der Waals surface area contributed by atoms with Crippen LogP contribution in [0.1, 0.15) is 46.8 Å². The Kier molecular flexibility index (Phi) is 6.70. The minimum absolute atomic E-state index is 0.122. The number of hydrogen-bond acceptors (Lipinski definition) is 5. The van der Waals surface area contributed by atoms with Gasteiger partial charge in [-0.1, -0.05) is 19.1 Å². The van der Waals surface area contributed by atoms with Gasteiger partial charge in [-0.25, -0.2) is 4.39 Å². The first-order valence-corrected chi connectivity index (χ1v) is 11.6. The van der Waals surface area contributed by atoms with Gasteiger partial charge in [-0.05, 0) is 37.6 Å². The van der Waals surface area contributed by atoms with Crippen LogP contribution in [0, 0.1) is 5.82 Å². The van der Waals surface area contributed by atoms with Crippen LogP contribution in [0.3, 0.4) is 0 Å². The summed E-state index contributed by atoms with van der Waals surface area (Å²) in [5, 5.41) is 7.24. The largest absolute Gasteiger partial charge is 0.350 e. The van der Waals surface area contributed by atoms with E-state index in [1.807, 2.05) is 0 Å². The SMILES string of the molecule is CCCN1CCN(C(=O)c2cc3n(n2)CC(C)(C(=O)NCc2ccc(F)cc2)N(C)C3=O)CC1. The highest BCUT2D eigenvalue weighted by atomic mass is 19.1. The normalized spacial score (nSPS) is 20.9. The molecule has 9 nitrogen and oxygen atoms in total. The molecule has 10 heteroatoms. The summed E-state index contributed by atoms with van der Waals surface area (Å²) in [5.41, 5.74) is 0.0631. The second kappa shape index (κ2) is 9.54. The van der Waals surface area contributed by atoms with E-state index in [9.17, 15) is 18.8 Å². The Morgan fingerprint density at radius 3 is 2.47 bits per heavy atom. The number of amides is 3. The predicted octanol–water partition coefficient (Wildman–Crippen LogP) is 1.35. The molecule has 0 spiro atoms. The van der Waals surface area contributed by atoms with Crippen LogP contribution in [0.2, 0.25) is 0 Å². The predicted molar refractivity (Wildman–Crippen MR) is 124 cm³/mol. The number of aromatic nitrogens is 2. The van der Waals surface area contributed by atoms with Crippen molar-refractivity contribution in [3.8, 4) is 0 Å². The first kappa shape index (κ1) is 23.9. The van der Waals surface area contributed by atoms with Gasteiger partial charge in [0.05, 0.1) is 6.54 Å². The highest BCUT2D eigenvalue weighted by Gasteiger charge is 2.46. The van der Waals surface area contributed by atoms with Crippen LogP contribution >= 0.6 is 0 Å². The molecule has 1 fully saturated rings. The molecule has 1 unspecified atom stereocenters. The Morgan fingerprint density at radius 2 is 1.82 bits per heavy atom. The Morgan fingerprint density at radius 1 is 1.15 bits per heavy atom. The average molecular weight is 471 g/mol. The summed E-state index contributed by atoms with van der Waals surface area (Å²) in [6.45, 7) is 8.04. The summed E-state index contributed by atoms with van der Waals surface area (Å²) < 4.78 is 14.6. The zero-order valence-corrected chi connectivity index (χ0v) is 19.9. The van der Waals surface area contributed by atoms with Gasteiger partial charge in [0.25, 0.3) is 11.8 Å². The van der Waals surface area contributed by atoms with Crippen molar-refractivity contribution in [3.63, 3.8) is 0 Å². The number of halogens is 1. The lowest BCUT2D eigenvalue weighted by Crippen LogP contribution is -2.62. The van der Waals surface area contributed by atoms with E-state index < -0.39 is 5.54 Å². The summed E-state index contributed by atoms with van der Waals surface area (Å²) >= 11 is 0. The van der Waals surface area contributed by atoms with E-state index in [1.54, 1.807) is 31.0 Å². The van der Waals surface area contributed by atoms with Crippen molar-refractivity contribution in [3.05, 3.63) is 53.1 Å². The monoisotopic (exact) mass is 470 g/mol. The number of hydrogen-bond donors (Lipinski definition) is 1. The summed E-state index contributed by atoms with van der Waals surface area (Å²) in [6, 6.07) is 7.38. The van der Waals surface area contributed by atoms with Gasteiger partial charge in [0.1, 0.15) is 17.1 Å². The molecule has 0 bridgehead atoms. The number of carbonyl (C=O) groups excluding carboxylic acids is 3. The molecule has 0 radical (unpaired) electrons. The van der Waals surface area contributed by atoms with Crippen molar-refractivity contribution in [2.45, 2.75) is 38.9 Å². The molecule has 1 saturated heterocycles. The molecule has 34 heavy (non-hydrogen) atoms. The fraction of sp³-hybridized carbons (Fsp3) is 0.500. The van der Waals surface area contributed by atoms with Crippen molar-refractivity contribution in [2.75, 3.05) is 39.8 Å². The third-order valence-electron chi connectivity index (χ3n) is 6.78. The molecule has 3 heterocycles. The molecule has 2 aliphatic rings. The smallest absolute Gasteiger partial charge is 0.274 e. The minimum atomic E-state index is -1.19.